The Labute approximate surface area is 123 Å². The van der Waals surface area contributed by atoms with Crippen LogP contribution >= 0.6 is 0 Å². The molecular weight excluding hydrogens is 291 g/mol. The van der Waals surface area contributed by atoms with Crippen LogP contribution in [0.25, 0.3) is 5.65 Å². The Balaban J connectivity index is 2.11. The van der Waals surface area contributed by atoms with Crippen LogP contribution in [0.15, 0.2) is 47.7 Å². The number of rotatable bonds is 3. The fraction of sp³-hybridized carbons (Fsp3) is 0.143. The molecule has 3 rings (SSSR count). The maximum atomic E-state index is 13.0. The van der Waals surface area contributed by atoms with Gasteiger partial charge in [-0.25, -0.2) is 4.39 Å². The van der Waals surface area contributed by atoms with Gasteiger partial charge in [-0.05, 0) is 34.5 Å². The monoisotopic (exact) mass is 302 g/mol. The molecule has 0 saturated carbocycles. The van der Waals surface area contributed by atoms with E-state index >= 15 is 0 Å². The zero-order chi connectivity index (χ0) is 15.9. The molecule has 0 fully saturated rings. The van der Waals surface area contributed by atoms with E-state index in [0.717, 1.165) is 5.56 Å². The topological polar surface area (TPSA) is 82.4 Å². The van der Waals surface area contributed by atoms with E-state index in [1.54, 1.807) is 19.1 Å². The van der Waals surface area contributed by atoms with Gasteiger partial charge in [0.1, 0.15) is 12.0 Å². The summed E-state index contributed by atoms with van der Waals surface area (Å²) in [5.41, 5.74) is 0.268. The number of imidazole rings is 1. The quantitative estimate of drug-likeness (QED) is 0.548. The highest BCUT2D eigenvalue weighted by molar-refractivity contribution is 5.42. The molecule has 0 saturated heterocycles. The van der Waals surface area contributed by atoms with Crippen molar-refractivity contribution >= 4 is 11.5 Å². The average molecular weight is 302 g/mol. The normalized spacial score (nSPS) is 12.5. The second-order valence-electron chi connectivity index (χ2n) is 4.83. The summed E-state index contributed by atoms with van der Waals surface area (Å²) in [6.07, 6.45) is 4.23. The molecule has 0 aliphatic rings. The molecule has 1 unspecified atom stereocenters. The largest absolute Gasteiger partial charge is 0.382 e. The highest BCUT2D eigenvalue weighted by Gasteiger charge is 2.19. The number of benzene rings is 1. The number of fused-ring (bicyclic) bond motifs is 1. The van der Waals surface area contributed by atoms with Gasteiger partial charge in [0, 0.05) is 12.4 Å². The number of hydrogen-bond acceptors (Lipinski definition) is 4. The second kappa shape index (κ2) is 5.06. The first-order valence-corrected chi connectivity index (χ1v) is 6.47. The van der Waals surface area contributed by atoms with Gasteiger partial charge in [0.2, 0.25) is 0 Å². The van der Waals surface area contributed by atoms with Crippen LogP contribution in [0.5, 0.6) is 0 Å². The van der Waals surface area contributed by atoms with E-state index in [0.29, 0.717) is 0 Å². The van der Waals surface area contributed by atoms with E-state index in [2.05, 4.69) is 4.98 Å². The first-order valence-electron chi connectivity index (χ1n) is 6.47. The number of halogens is 1. The van der Waals surface area contributed by atoms with Gasteiger partial charge < -0.3 is 14.7 Å². The van der Waals surface area contributed by atoms with Gasteiger partial charge in [-0.2, -0.15) is 0 Å². The van der Waals surface area contributed by atoms with E-state index in [1.165, 1.54) is 39.7 Å². The van der Waals surface area contributed by atoms with Crippen LogP contribution in [0.1, 0.15) is 18.5 Å². The molecule has 112 valence electrons. The van der Waals surface area contributed by atoms with Crippen LogP contribution in [0.4, 0.5) is 10.2 Å². The number of hydrogen-bond donors (Lipinski definition) is 0. The Morgan fingerprint density at radius 2 is 1.95 bits per heavy atom. The SMILES string of the molecule is CC(c1ccc(F)cc1)n1ccn2cc([N+](=O)[O-])nc2c1=O. The number of nitro groups is 1. The van der Waals surface area contributed by atoms with Crippen molar-refractivity contribution in [2.24, 2.45) is 0 Å². The van der Waals surface area contributed by atoms with Gasteiger partial charge >= 0.3 is 17.0 Å². The molecule has 1 atom stereocenters. The number of nitrogens with zero attached hydrogens (tertiary/aromatic N) is 4. The van der Waals surface area contributed by atoms with E-state index < -0.39 is 10.5 Å². The summed E-state index contributed by atoms with van der Waals surface area (Å²) in [6.45, 7) is 1.78. The summed E-state index contributed by atoms with van der Waals surface area (Å²) in [5.74, 6) is -0.744. The fourth-order valence-corrected chi connectivity index (χ4v) is 2.27. The van der Waals surface area contributed by atoms with E-state index in [1.807, 2.05) is 0 Å². The average Bonchev–Trinajstić information content (AvgIpc) is 2.93. The summed E-state index contributed by atoms with van der Waals surface area (Å²) in [6, 6.07) is 5.45. The van der Waals surface area contributed by atoms with Gasteiger partial charge in [0.25, 0.3) is 0 Å². The molecule has 0 aliphatic heterocycles. The summed E-state index contributed by atoms with van der Waals surface area (Å²) >= 11 is 0. The zero-order valence-electron chi connectivity index (χ0n) is 11.5. The first-order chi connectivity index (χ1) is 10.5. The third-order valence-electron chi connectivity index (χ3n) is 3.49. The molecule has 0 aliphatic carbocycles. The predicted octanol–water partition coefficient (Wildman–Crippen LogP) is 2.15. The Bertz CT molecular complexity index is 914. The van der Waals surface area contributed by atoms with Gasteiger partial charge in [0.15, 0.2) is 0 Å². The highest BCUT2D eigenvalue weighted by atomic mass is 19.1. The van der Waals surface area contributed by atoms with Crippen LogP contribution in [0.2, 0.25) is 0 Å². The van der Waals surface area contributed by atoms with Crippen LogP contribution < -0.4 is 5.56 Å². The molecule has 2 aromatic heterocycles. The summed E-state index contributed by atoms with van der Waals surface area (Å²) in [7, 11) is 0. The lowest BCUT2D eigenvalue weighted by molar-refractivity contribution is -0.389. The number of aromatic nitrogens is 3. The molecule has 2 heterocycles. The van der Waals surface area contributed by atoms with E-state index in [4.69, 9.17) is 0 Å². The van der Waals surface area contributed by atoms with Crippen molar-refractivity contribution in [2.45, 2.75) is 13.0 Å². The van der Waals surface area contributed by atoms with Crippen LogP contribution in [-0.2, 0) is 0 Å². The van der Waals surface area contributed by atoms with Crippen molar-refractivity contribution in [3.05, 3.63) is 74.7 Å². The van der Waals surface area contributed by atoms with Crippen molar-refractivity contribution in [2.75, 3.05) is 0 Å². The molecule has 0 amide bonds. The molecule has 0 bridgehead atoms. The first kappa shape index (κ1) is 13.9. The maximum absolute atomic E-state index is 13.0. The highest BCUT2D eigenvalue weighted by Crippen LogP contribution is 2.17. The minimum Gasteiger partial charge on any atom is -0.358 e. The lowest BCUT2D eigenvalue weighted by Crippen LogP contribution is -2.25. The molecule has 3 aromatic rings. The third kappa shape index (κ3) is 2.24. The second-order valence-corrected chi connectivity index (χ2v) is 4.83. The fourth-order valence-electron chi connectivity index (χ4n) is 2.27. The van der Waals surface area contributed by atoms with Gasteiger partial charge in [-0.1, -0.05) is 12.1 Å². The molecule has 22 heavy (non-hydrogen) atoms. The predicted molar refractivity (Wildman–Crippen MR) is 76.3 cm³/mol. The Morgan fingerprint density at radius 1 is 1.27 bits per heavy atom. The van der Waals surface area contributed by atoms with Crippen LogP contribution in [0.3, 0.4) is 0 Å². The summed E-state index contributed by atoms with van der Waals surface area (Å²) in [5, 5.41) is 10.7. The Morgan fingerprint density at radius 3 is 2.59 bits per heavy atom. The molecular formula is C14H11FN4O3. The van der Waals surface area contributed by atoms with Gasteiger partial charge in [-0.15, -0.1) is 0 Å². The standard InChI is InChI=1S/C14H11FN4O3/c1-9(10-2-4-11(15)5-3-10)18-7-6-17-8-12(19(21)22)16-13(17)14(18)20/h2-9H,1H3. The lowest BCUT2D eigenvalue weighted by Gasteiger charge is -2.14. The summed E-state index contributed by atoms with van der Waals surface area (Å²) in [4.78, 5) is 26.2. The molecule has 0 spiro atoms. The maximum Gasteiger partial charge on any atom is 0.382 e. The minimum absolute atomic E-state index is 0.0249. The van der Waals surface area contributed by atoms with E-state index in [-0.39, 0.29) is 23.3 Å². The molecule has 8 heteroatoms. The molecule has 0 N–H and O–H groups in total. The molecule has 7 nitrogen and oxygen atoms in total. The Hall–Kier alpha value is -3.03. The summed E-state index contributed by atoms with van der Waals surface area (Å²) < 4.78 is 15.7. The smallest absolute Gasteiger partial charge is 0.358 e. The Kier molecular flexibility index (Phi) is 3.21. The van der Waals surface area contributed by atoms with Crippen LogP contribution in [-0.4, -0.2) is 18.9 Å². The zero-order valence-corrected chi connectivity index (χ0v) is 11.5. The van der Waals surface area contributed by atoms with Crippen molar-refractivity contribution in [1.82, 2.24) is 14.0 Å². The van der Waals surface area contributed by atoms with E-state index in [9.17, 15) is 19.3 Å². The van der Waals surface area contributed by atoms with Crippen molar-refractivity contribution < 1.29 is 9.31 Å². The molecule has 1 aromatic carbocycles. The lowest BCUT2D eigenvalue weighted by atomic mass is 10.1. The van der Waals surface area contributed by atoms with Crippen molar-refractivity contribution in [1.29, 1.82) is 0 Å². The van der Waals surface area contributed by atoms with Crippen molar-refractivity contribution in [3.8, 4) is 0 Å². The van der Waals surface area contributed by atoms with Gasteiger partial charge in [0.05, 0.1) is 6.04 Å². The minimum atomic E-state index is -0.653. The molecule has 0 radical (unpaired) electrons. The van der Waals surface area contributed by atoms with Crippen LogP contribution in [0, 0.1) is 15.9 Å². The third-order valence-corrected chi connectivity index (χ3v) is 3.49. The van der Waals surface area contributed by atoms with Crippen molar-refractivity contribution in [3.63, 3.8) is 0 Å². The van der Waals surface area contributed by atoms with Gasteiger partial charge in [-0.3, -0.25) is 9.20 Å².